The van der Waals surface area contributed by atoms with Gasteiger partial charge in [0.1, 0.15) is 0 Å². The molecule has 0 amide bonds. The van der Waals surface area contributed by atoms with Crippen LogP contribution >= 0.6 is 0 Å². The largest absolute Gasteiger partial charge is 0.388 e. The van der Waals surface area contributed by atoms with E-state index in [1.54, 1.807) is 16.8 Å². The van der Waals surface area contributed by atoms with Gasteiger partial charge in [-0.3, -0.25) is 10.1 Å². The standard InChI is InChI=1S/C14H13FN2O3/c15-11-8-9(17(19)20)4-5-13(11)16-7-6-10-12(16)2-1-3-14(10)18/h4-8,14,18H,1-3H2. The predicted octanol–water partition coefficient (Wildman–Crippen LogP) is 2.89. The van der Waals surface area contributed by atoms with Crippen LogP contribution < -0.4 is 0 Å². The van der Waals surface area contributed by atoms with E-state index in [0.717, 1.165) is 30.2 Å². The van der Waals surface area contributed by atoms with Crippen LogP contribution in [0.15, 0.2) is 30.5 Å². The summed E-state index contributed by atoms with van der Waals surface area (Å²) < 4.78 is 15.7. The first kappa shape index (κ1) is 12.8. The maximum absolute atomic E-state index is 14.1. The average molecular weight is 276 g/mol. The quantitative estimate of drug-likeness (QED) is 0.677. The van der Waals surface area contributed by atoms with E-state index in [9.17, 15) is 19.6 Å². The summed E-state index contributed by atoms with van der Waals surface area (Å²) in [4.78, 5) is 10.0. The second kappa shape index (κ2) is 4.72. The van der Waals surface area contributed by atoms with Gasteiger partial charge in [-0.15, -0.1) is 0 Å². The Morgan fingerprint density at radius 1 is 1.40 bits per heavy atom. The molecule has 1 aliphatic carbocycles. The third-order valence-corrected chi connectivity index (χ3v) is 3.68. The minimum Gasteiger partial charge on any atom is -0.388 e. The zero-order chi connectivity index (χ0) is 14.3. The van der Waals surface area contributed by atoms with Gasteiger partial charge < -0.3 is 9.67 Å². The van der Waals surface area contributed by atoms with Gasteiger partial charge in [0.25, 0.3) is 5.69 Å². The van der Waals surface area contributed by atoms with Crippen LogP contribution in [0.3, 0.4) is 0 Å². The number of non-ortho nitro benzene ring substituents is 1. The number of aromatic nitrogens is 1. The van der Waals surface area contributed by atoms with Crippen molar-refractivity contribution in [3.63, 3.8) is 0 Å². The topological polar surface area (TPSA) is 68.3 Å². The molecule has 1 N–H and O–H groups in total. The van der Waals surface area contributed by atoms with Crippen LogP contribution in [-0.2, 0) is 6.42 Å². The number of halogens is 1. The minimum atomic E-state index is -0.641. The van der Waals surface area contributed by atoms with Crippen molar-refractivity contribution in [2.24, 2.45) is 0 Å². The number of aliphatic hydroxyl groups excluding tert-OH is 1. The number of aliphatic hydroxyl groups is 1. The third kappa shape index (κ3) is 1.98. The molecule has 0 radical (unpaired) electrons. The number of nitro groups is 1. The van der Waals surface area contributed by atoms with E-state index in [2.05, 4.69) is 0 Å². The van der Waals surface area contributed by atoms with Crippen molar-refractivity contribution in [3.8, 4) is 5.69 Å². The smallest absolute Gasteiger partial charge is 0.272 e. The van der Waals surface area contributed by atoms with Gasteiger partial charge in [0, 0.05) is 23.5 Å². The monoisotopic (exact) mass is 276 g/mol. The summed E-state index contributed by atoms with van der Waals surface area (Å²) in [5, 5.41) is 20.5. The van der Waals surface area contributed by atoms with Crippen molar-refractivity contribution in [3.05, 3.63) is 57.7 Å². The highest BCUT2D eigenvalue weighted by Crippen LogP contribution is 2.33. The van der Waals surface area contributed by atoms with E-state index in [1.165, 1.54) is 12.1 Å². The molecule has 1 aliphatic rings. The number of hydrogen-bond donors (Lipinski definition) is 1. The fraction of sp³-hybridized carbons (Fsp3) is 0.286. The van der Waals surface area contributed by atoms with E-state index in [4.69, 9.17) is 0 Å². The zero-order valence-electron chi connectivity index (χ0n) is 10.6. The second-order valence-electron chi connectivity index (χ2n) is 4.89. The molecule has 6 heteroatoms. The van der Waals surface area contributed by atoms with Crippen LogP contribution in [0.25, 0.3) is 5.69 Å². The molecular weight excluding hydrogens is 263 g/mol. The summed E-state index contributed by atoms with van der Waals surface area (Å²) >= 11 is 0. The first-order chi connectivity index (χ1) is 9.58. The number of nitro benzene ring substituents is 1. The molecule has 0 saturated carbocycles. The Bertz CT molecular complexity index is 681. The normalized spacial score (nSPS) is 17.8. The molecular formula is C14H13FN2O3. The fourth-order valence-electron chi connectivity index (χ4n) is 2.70. The van der Waals surface area contributed by atoms with Crippen molar-refractivity contribution < 1.29 is 14.4 Å². The lowest BCUT2D eigenvalue weighted by atomic mass is 9.95. The Kier molecular flexibility index (Phi) is 3.02. The van der Waals surface area contributed by atoms with Crippen molar-refractivity contribution in [1.82, 2.24) is 4.57 Å². The first-order valence-corrected chi connectivity index (χ1v) is 6.40. The molecule has 3 rings (SSSR count). The van der Waals surface area contributed by atoms with Crippen LogP contribution in [0.5, 0.6) is 0 Å². The number of rotatable bonds is 2. The number of fused-ring (bicyclic) bond motifs is 1. The highest BCUT2D eigenvalue weighted by Gasteiger charge is 2.23. The Balaban J connectivity index is 2.08. The molecule has 2 aromatic rings. The van der Waals surface area contributed by atoms with E-state index < -0.39 is 16.8 Å². The molecule has 0 bridgehead atoms. The van der Waals surface area contributed by atoms with Gasteiger partial charge in [0.05, 0.1) is 22.8 Å². The molecule has 20 heavy (non-hydrogen) atoms. The third-order valence-electron chi connectivity index (χ3n) is 3.68. The van der Waals surface area contributed by atoms with Gasteiger partial charge >= 0.3 is 0 Å². The summed E-state index contributed by atoms with van der Waals surface area (Å²) in [7, 11) is 0. The van der Waals surface area contributed by atoms with Crippen LogP contribution in [0.1, 0.15) is 30.2 Å². The van der Waals surface area contributed by atoms with Crippen LogP contribution in [-0.4, -0.2) is 14.6 Å². The summed E-state index contributed by atoms with van der Waals surface area (Å²) in [6.07, 6.45) is 3.49. The Morgan fingerprint density at radius 2 is 2.20 bits per heavy atom. The highest BCUT2D eigenvalue weighted by molar-refractivity contribution is 5.45. The first-order valence-electron chi connectivity index (χ1n) is 6.40. The van der Waals surface area contributed by atoms with E-state index in [-0.39, 0.29) is 11.4 Å². The lowest BCUT2D eigenvalue weighted by Gasteiger charge is -2.20. The second-order valence-corrected chi connectivity index (χ2v) is 4.89. The van der Waals surface area contributed by atoms with Crippen LogP contribution in [0.2, 0.25) is 0 Å². The Hall–Kier alpha value is -2.21. The molecule has 0 fully saturated rings. The number of benzene rings is 1. The van der Waals surface area contributed by atoms with Crippen molar-refractivity contribution >= 4 is 5.69 Å². The molecule has 1 aromatic carbocycles. The molecule has 0 aliphatic heterocycles. The highest BCUT2D eigenvalue weighted by atomic mass is 19.1. The van der Waals surface area contributed by atoms with Crippen LogP contribution in [0.4, 0.5) is 10.1 Å². The van der Waals surface area contributed by atoms with Gasteiger partial charge in [-0.1, -0.05) is 0 Å². The Morgan fingerprint density at radius 3 is 2.90 bits per heavy atom. The molecule has 0 spiro atoms. The van der Waals surface area contributed by atoms with Gasteiger partial charge in [-0.05, 0) is 31.4 Å². The molecule has 5 nitrogen and oxygen atoms in total. The summed E-state index contributed by atoms with van der Waals surface area (Å²) in [6, 6.07) is 5.37. The maximum atomic E-state index is 14.1. The SMILES string of the molecule is O=[N+]([O-])c1ccc(-n2ccc3c2CCCC3O)c(F)c1. The molecule has 0 saturated heterocycles. The minimum absolute atomic E-state index is 0.269. The molecule has 104 valence electrons. The summed E-state index contributed by atoms with van der Waals surface area (Å²) in [6.45, 7) is 0. The fourth-order valence-corrected chi connectivity index (χ4v) is 2.70. The molecule has 1 unspecified atom stereocenters. The van der Waals surface area contributed by atoms with Crippen molar-refractivity contribution in [2.45, 2.75) is 25.4 Å². The zero-order valence-corrected chi connectivity index (χ0v) is 10.6. The average Bonchev–Trinajstić information content (AvgIpc) is 2.84. The molecule has 1 aromatic heterocycles. The predicted molar refractivity (Wildman–Crippen MR) is 70.3 cm³/mol. The summed E-state index contributed by atoms with van der Waals surface area (Å²) in [5.74, 6) is -0.641. The van der Waals surface area contributed by atoms with Gasteiger partial charge in [0.2, 0.25) is 0 Å². The van der Waals surface area contributed by atoms with Gasteiger partial charge in [0.15, 0.2) is 5.82 Å². The number of nitrogens with zero attached hydrogens (tertiary/aromatic N) is 2. The van der Waals surface area contributed by atoms with Gasteiger partial charge in [-0.2, -0.15) is 0 Å². The van der Waals surface area contributed by atoms with Crippen molar-refractivity contribution in [1.29, 1.82) is 0 Å². The molecule has 1 heterocycles. The van der Waals surface area contributed by atoms with E-state index in [1.807, 2.05) is 0 Å². The number of hydrogen-bond acceptors (Lipinski definition) is 3. The maximum Gasteiger partial charge on any atom is 0.272 e. The lowest BCUT2D eigenvalue weighted by Crippen LogP contribution is -2.11. The van der Waals surface area contributed by atoms with E-state index >= 15 is 0 Å². The summed E-state index contributed by atoms with van der Waals surface area (Å²) in [5.41, 5.74) is 1.68. The lowest BCUT2D eigenvalue weighted by molar-refractivity contribution is -0.385. The van der Waals surface area contributed by atoms with Crippen molar-refractivity contribution in [2.75, 3.05) is 0 Å². The van der Waals surface area contributed by atoms with E-state index in [0.29, 0.717) is 6.42 Å². The van der Waals surface area contributed by atoms with Crippen LogP contribution in [0, 0.1) is 15.9 Å². The Labute approximate surface area is 114 Å². The molecule has 1 atom stereocenters. The van der Waals surface area contributed by atoms with Gasteiger partial charge in [-0.25, -0.2) is 4.39 Å².